The smallest absolute Gasteiger partial charge is 0.236 e. The molecule has 1 amide bonds. The highest BCUT2D eigenvalue weighted by atomic mass is 16.2. The topological polar surface area (TPSA) is 47.1 Å². The van der Waals surface area contributed by atoms with Gasteiger partial charge in [0, 0.05) is 32.6 Å². The SMILES string of the molecule is CCCCCCCCCN(CCCCCC=O)CCC1CCN(C(=O)CN(CCCCCCCCC)CCN(CCCCCCCCC)CCCCCCCCC)CC1. The summed E-state index contributed by atoms with van der Waals surface area (Å²) >= 11 is 0. The molecule has 6 heteroatoms. The summed E-state index contributed by atoms with van der Waals surface area (Å²) in [6.45, 7) is 21.0. The molecule has 6 nitrogen and oxygen atoms in total. The number of unbranched alkanes of at least 4 members (excludes halogenated alkanes) is 27. The van der Waals surface area contributed by atoms with E-state index in [1.165, 1.54) is 245 Å². The van der Waals surface area contributed by atoms with E-state index in [1.54, 1.807) is 0 Å². The molecule has 1 aliphatic heterocycles. The number of hydrogen-bond acceptors (Lipinski definition) is 5. The number of carbonyl (C=O) groups is 2. The highest BCUT2D eigenvalue weighted by Crippen LogP contribution is 2.22. The summed E-state index contributed by atoms with van der Waals surface area (Å²) in [4.78, 5) is 35.0. The first-order valence-corrected chi connectivity index (χ1v) is 27.0. The molecule has 0 aliphatic carbocycles. The lowest BCUT2D eigenvalue weighted by Crippen LogP contribution is -2.46. The van der Waals surface area contributed by atoms with Gasteiger partial charge >= 0.3 is 0 Å². The van der Waals surface area contributed by atoms with Crippen LogP contribution in [-0.2, 0) is 9.59 Å². The Morgan fingerprint density at radius 1 is 0.424 bits per heavy atom. The molecule has 0 N–H and O–H groups in total. The lowest BCUT2D eigenvalue weighted by Gasteiger charge is -2.35. The van der Waals surface area contributed by atoms with Gasteiger partial charge in [-0.05, 0) is 103 Å². The number of likely N-dealkylation sites (tertiary alicyclic amines) is 1. The molecule has 1 heterocycles. The van der Waals surface area contributed by atoms with E-state index < -0.39 is 0 Å². The van der Waals surface area contributed by atoms with Crippen LogP contribution in [0.4, 0.5) is 0 Å². The van der Waals surface area contributed by atoms with Crippen LogP contribution < -0.4 is 0 Å². The maximum atomic E-state index is 13.9. The van der Waals surface area contributed by atoms with E-state index in [2.05, 4.69) is 47.3 Å². The maximum Gasteiger partial charge on any atom is 0.236 e. The Balaban J connectivity index is 2.70. The minimum absolute atomic E-state index is 0.382. The van der Waals surface area contributed by atoms with Crippen molar-refractivity contribution >= 4 is 12.2 Å². The molecule has 1 rings (SSSR count). The van der Waals surface area contributed by atoms with Gasteiger partial charge in [-0.3, -0.25) is 9.69 Å². The lowest BCUT2D eigenvalue weighted by atomic mass is 9.93. The largest absolute Gasteiger partial charge is 0.342 e. The first-order chi connectivity index (χ1) is 29.1. The van der Waals surface area contributed by atoms with Crippen molar-refractivity contribution in [2.45, 2.75) is 252 Å². The molecule has 0 saturated carbocycles. The first-order valence-electron chi connectivity index (χ1n) is 27.0. The van der Waals surface area contributed by atoms with Crippen LogP contribution in [-0.4, -0.2) is 104 Å². The second-order valence-corrected chi connectivity index (χ2v) is 19.1. The zero-order valence-electron chi connectivity index (χ0n) is 40.8. The van der Waals surface area contributed by atoms with Crippen molar-refractivity contribution in [1.82, 2.24) is 19.6 Å². The molecule has 0 unspecified atom stereocenters. The van der Waals surface area contributed by atoms with Crippen molar-refractivity contribution < 1.29 is 9.59 Å². The van der Waals surface area contributed by atoms with Crippen LogP contribution >= 0.6 is 0 Å². The van der Waals surface area contributed by atoms with Crippen LogP contribution in [0.2, 0.25) is 0 Å². The summed E-state index contributed by atoms with van der Waals surface area (Å²) in [6.07, 6.45) is 46.8. The molecule has 1 aliphatic rings. The van der Waals surface area contributed by atoms with Crippen LogP contribution in [0.1, 0.15) is 252 Å². The summed E-state index contributed by atoms with van der Waals surface area (Å²) in [5, 5.41) is 0. The Labute approximate surface area is 370 Å². The average Bonchev–Trinajstić information content (AvgIpc) is 3.25. The van der Waals surface area contributed by atoms with E-state index in [0.29, 0.717) is 18.9 Å². The van der Waals surface area contributed by atoms with Gasteiger partial charge in [-0.1, -0.05) is 188 Å². The van der Waals surface area contributed by atoms with Gasteiger partial charge in [0.15, 0.2) is 0 Å². The van der Waals surface area contributed by atoms with E-state index in [4.69, 9.17) is 0 Å². The second-order valence-electron chi connectivity index (χ2n) is 19.1. The second kappa shape index (κ2) is 43.7. The Bertz CT molecular complexity index is 860. The molecule has 0 aromatic heterocycles. The molecular weight excluding hydrogens is 725 g/mol. The minimum Gasteiger partial charge on any atom is -0.342 e. The lowest BCUT2D eigenvalue weighted by molar-refractivity contribution is -0.134. The molecule has 0 radical (unpaired) electrons. The Morgan fingerprint density at radius 2 is 0.746 bits per heavy atom. The molecule has 0 aromatic rings. The average molecular weight is 831 g/mol. The quantitative estimate of drug-likeness (QED) is 0.0452. The van der Waals surface area contributed by atoms with Gasteiger partial charge in [-0.2, -0.15) is 0 Å². The first kappa shape index (κ1) is 56.0. The van der Waals surface area contributed by atoms with Crippen LogP contribution in [0.25, 0.3) is 0 Å². The summed E-state index contributed by atoms with van der Waals surface area (Å²) < 4.78 is 0. The predicted octanol–water partition coefficient (Wildman–Crippen LogP) is 14.3. The van der Waals surface area contributed by atoms with Gasteiger partial charge in [-0.25, -0.2) is 0 Å². The van der Waals surface area contributed by atoms with E-state index >= 15 is 0 Å². The molecule has 0 atom stereocenters. The normalized spacial score (nSPS) is 13.8. The minimum atomic E-state index is 0.382. The van der Waals surface area contributed by atoms with Gasteiger partial charge in [0.05, 0.1) is 6.54 Å². The van der Waals surface area contributed by atoms with Crippen LogP contribution in [0.15, 0.2) is 0 Å². The number of piperidine rings is 1. The van der Waals surface area contributed by atoms with Crippen molar-refractivity contribution in [3.63, 3.8) is 0 Å². The van der Waals surface area contributed by atoms with Crippen molar-refractivity contribution in [1.29, 1.82) is 0 Å². The molecule has 1 fully saturated rings. The third kappa shape index (κ3) is 35.2. The molecule has 59 heavy (non-hydrogen) atoms. The third-order valence-electron chi connectivity index (χ3n) is 13.5. The van der Waals surface area contributed by atoms with Crippen LogP contribution in [0.3, 0.4) is 0 Å². The summed E-state index contributed by atoms with van der Waals surface area (Å²) in [6, 6.07) is 0. The number of rotatable bonds is 46. The van der Waals surface area contributed by atoms with E-state index in [0.717, 1.165) is 51.3 Å². The standard InChI is InChI=1S/C53H106N4O2/c1-5-9-13-17-21-25-31-40-54(41-34-29-30-36-50-58)45-37-52-38-46-57(47-39-52)53(59)51-56(44-35-28-24-20-16-12-8-4)49-48-55(42-32-26-22-18-14-10-6-2)43-33-27-23-19-15-11-7-3/h50,52H,5-49,51H2,1-4H3. The summed E-state index contributed by atoms with van der Waals surface area (Å²) in [5.41, 5.74) is 0. The summed E-state index contributed by atoms with van der Waals surface area (Å²) in [7, 11) is 0. The highest BCUT2D eigenvalue weighted by Gasteiger charge is 2.25. The van der Waals surface area contributed by atoms with Gasteiger partial charge in [0.1, 0.15) is 6.29 Å². The van der Waals surface area contributed by atoms with Crippen molar-refractivity contribution in [2.24, 2.45) is 5.92 Å². The fourth-order valence-corrected chi connectivity index (χ4v) is 9.26. The Hall–Kier alpha value is -0.980. The molecular formula is C53H106N4O2. The van der Waals surface area contributed by atoms with E-state index in [9.17, 15) is 9.59 Å². The molecule has 0 bridgehead atoms. The van der Waals surface area contributed by atoms with Crippen LogP contribution in [0, 0.1) is 5.92 Å². The van der Waals surface area contributed by atoms with Gasteiger partial charge in [0.25, 0.3) is 0 Å². The molecule has 1 saturated heterocycles. The fourth-order valence-electron chi connectivity index (χ4n) is 9.26. The number of amides is 1. The van der Waals surface area contributed by atoms with E-state index in [-0.39, 0.29) is 0 Å². The number of aldehydes is 1. The number of hydrogen-bond donors (Lipinski definition) is 0. The summed E-state index contributed by atoms with van der Waals surface area (Å²) in [5.74, 6) is 1.12. The number of carbonyl (C=O) groups excluding carboxylic acids is 2. The van der Waals surface area contributed by atoms with Gasteiger partial charge < -0.3 is 19.5 Å². The predicted molar refractivity (Wildman–Crippen MR) is 260 cm³/mol. The van der Waals surface area contributed by atoms with E-state index in [1.807, 2.05) is 0 Å². The van der Waals surface area contributed by atoms with Crippen molar-refractivity contribution in [2.75, 3.05) is 72.0 Å². The van der Waals surface area contributed by atoms with Crippen LogP contribution in [0.5, 0.6) is 0 Å². The maximum absolute atomic E-state index is 13.9. The zero-order valence-corrected chi connectivity index (χ0v) is 40.8. The Morgan fingerprint density at radius 3 is 1.14 bits per heavy atom. The molecule has 0 aromatic carbocycles. The van der Waals surface area contributed by atoms with Crippen molar-refractivity contribution in [3.8, 4) is 0 Å². The van der Waals surface area contributed by atoms with Gasteiger partial charge in [-0.15, -0.1) is 0 Å². The highest BCUT2D eigenvalue weighted by molar-refractivity contribution is 5.78. The van der Waals surface area contributed by atoms with Gasteiger partial charge in [0.2, 0.25) is 5.91 Å². The molecule has 0 spiro atoms. The number of nitrogens with zero attached hydrogens (tertiary/aromatic N) is 4. The molecule has 350 valence electrons. The monoisotopic (exact) mass is 831 g/mol. The Kier molecular flexibility index (Phi) is 41.5. The zero-order chi connectivity index (χ0) is 42.7. The third-order valence-corrected chi connectivity index (χ3v) is 13.5. The fraction of sp³-hybridized carbons (Fsp3) is 0.962. The van der Waals surface area contributed by atoms with Crippen molar-refractivity contribution in [3.05, 3.63) is 0 Å².